The molecule has 2 amide bonds. The number of nitrogens with zero attached hydrogens (tertiary/aromatic N) is 3. The summed E-state index contributed by atoms with van der Waals surface area (Å²) in [6.45, 7) is 3.01. The van der Waals surface area contributed by atoms with Crippen LogP contribution in [0.1, 0.15) is 46.9 Å². The number of piperidine rings is 1. The number of hydrogen-bond donors (Lipinski definition) is 0. The van der Waals surface area contributed by atoms with Gasteiger partial charge in [0.05, 0.1) is 11.7 Å². The van der Waals surface area contributed by atoms with Crippen LogP contribution in [-0.2, 0) is 4.79 Å². The van der Waals surface area contributed by atoms with Crippen LogP contribution in [0.25, 0.3) is 0 Å². The summed E-state index contributed by atoms with van der Waals surface area (Å²) in [7, 11) is 1.91. The van der Waals surface area contributed by atoms with Gasteiger partial charge in [-0.25, -0.2) is 0 Å². The summed E-state index contributed by atoms with van der Waals surface area (Å²) in [5, 5.41) is 3.71. The SMILES string of the molecule is Cc1oncc1C(=O)N1CCC2(CC1)C(c1ccccc1)CC(=O)N2C. The molecule has 136 valence electrons. The third kappa shape index (κ3) is 2.52. The van der Waals surface area contributed by atoms with E-state index < -0.39 is 0 Å². The lowest BCUT2D eigenvalue weighted by atomic mass is 9.73. The van der Waals surface area contributed by atoms with E-state index in [9.17, 15) is 9.59 Å². The molecular weight excluding hydrogens is 330 g/mol. The Morgan fingerprint density at radius 2 is 1.92 bits per heavy atom. The first-order valence-corrected chi connectivity index (χ1v) is 9.05. The molecule has 1 aromatic heterocycles. The van der Waals surface area contributed by atoms with Crippen molar-refractivity contribution < 1.29 is 14.1 Å². The lowest BCUT2D eigenvalue weighted by Gasteiger charge is -2.46. The highest BCUT2D eigenvalue weighted by Crippen LogP contribution is 2.48. The summed E-state index contributed by atoms with van der Waals surface area (Å²) in [6.07, 6.45) is 3.59. The first kappa shape index (κ1) is 16.8. The van der Waals surface area contributed by atoms with Gasteiger partial charge in [-0.05, 0) is 25.3 Å². The number of hydrogen-bond acceptors (Lipinski definition) is 4. The molecule has 2 saturated heterocycles. The van der Waals surface area contributed by atoms with E-state index in [0.717, 1.165) is 12.8 Å². The second-order valence-corrected chi connectivity index (χ2v) is 7.31. The molecule has 1 unspecified atom stereocenters. The molecular formula is C20H23N3O3. The number of likely N-dealkylation sites (N-methyl/N-ethyl adjacent to an activating group) is 1. The zero-order valence-electron chi connectivity index (χ0n) is 15.1. The molecule has 0 saturated carbocycles. The minimum Gasteiger partial charge on any atom is -0.361 e. The van der Waals surface area contributed by atoms with Crippen molar-refractivity contribution in [2.45, 2.75) is 37.6 Å². The van der Waals surface area contributed by atoms with Crippen molar-refractivity contribution in [3.8, 4) is 0 Å². The fourth-order valence-electron chi connectivity index (χ4n) is 4.55. The highest BCUT2D eigenvalue weighted by Gasteiger charge is 2.53. The van der Waals surface area contributed by atoms with Crippen molar-refractivity contribution in [1.82, 2.24) is 15.0 Å². The number of benzene rings is 1. The second-order valence-electron chi connectivity index (χ2n) is 7.31. The highest BCUT2D eigenvalue weighted by molar-refractivity contribution is 5.95. The minimum atomic E-state index is -0.209. The molecule has 1 spiro atoms. The summed E-state index contributed by atoms with van der Waals surface area (Å²) < 4.78 is 5.03. The number of rotatable bonds is 2. The number of aromatic nitrogens is 1. The molecule has 2 aliphatic heterocycles. The van der Waals surface area contributed by atoms with E-state index in [1.54, 1.807) is 6.92 Å². The fourth-order valence-corrected chi connectivity index (χ4v) is 4.55. The highest BCUT2D eigenvalue weighted by atomic mass is 16.5. The number of aryl methyl sites for hydroxylation is 1. The lowest BCUT2D eigenvalue weighted by Crippen LogP contribution is -2.55. The van der Waals surface area contributed by atoms with Crippen molar-refractivity contribution >= 4 is 11.8 Å². The standard InChI is InChI=1S/C20H23N3O3/c1-14-16(13-21-26-14)19(25)23-10-8-20(9-11-23)17(12-18(24)22(20)2)15-6-4-3-5-7-15/h3-7,13,17H,8-12H2,1-2H3. The van der Waals surface area contributed by atoms with E-state index in [1.165, 1.54) is 11.8 Å². The first-order valence-electron chi connectivity index (χ1n) is 9.05. The maximum atomic E-state index is 12.7. The molecule has 2 fully saturated rings. The summed E-state index contributed by atoms with van der Waals surface area (Å²) in [4.78, 5) is 29.0. The van der Waals surface area contributed by atoms with Gasteiger partial charge in [-0.3, -0.25) is 9.59 Å². The van der Waals surface area contributed by atoms with Gasteiger partial charge in [-0.15, -0.1) is 0 Å². The van der Waals surface area contributed by atoms with Gasteiger partial charge in [0.15, 0.2) is 0 Å². The number of carbonyl (C=O) groups excluding carboxylic acids is 2. The van der Waals surface area contributed by atoms with E-state index in [1.807, 2.05) is 35.0 Å². The van der Waals surface area contributed by atoms with E-state index in [2.05, 4.69) is 17.3 Å². The number of amides is 2. The average Bonchev–Trinajstić information content (AvgIpc) is 3.20. The molecule has 1 atom stereocenters. The van der Waals surface area contributed by atoms with Gasteiger partial charge in [0.2, 0.25) is 5.91 Å². The molecule has 2 aliphatic rings. The smallest absolute Gasteiger partial charge is 0.259 e. The molecule has 0 N–H and O–H groups in total. The van der Waals surface area contributed by atoms with Crippen LogP contribution >= 0.6 is 0 Å². The van der Waals surface area contributed by atoms with Gasteiger partial charge < -0.3 is 14.3 Å². The largest absolute Gasteiger partial charge is 0.361 e. The van der Waals surface area contributed by atoms with Gasteiger partial charge in [0.25, 0.3) is 5.91 Å². The monoisotopic (exact) mass is 353 g/mol. The molecule has 1 aromatic carbocycles. The average molecular weight is 353 g/mol. The quantitative estimate of drug-likeness (QED) is 0.832. The van der Waals surface area contributed by atoms with E-state index >= 15 is 0 Å². The Labute approximate surface area is 152 Å². The Morgan fingerprint density at radius 1 is 1.23 bits per heavy atom. The maximum Gasteiger partial charge on any atom is 0.259 e. The first-order chi connectivity index (χ1) is 12.5. The Morgan fingerprint density at radius 3 is 2.54 bits per heavy atom. The Bertz CT molecular complexity index is 822. The van der Waals surface area contributed by atoms with Gasteiger partial charge in [-0.2, -0.15) is 0 Å². The summed E-state index contributed by atoms with van der Waals surface area (Å²) in [5.74, 6) is 0.872. The van der Waals surface area contributed by atoms with Crippen LogP contribution in [0.15, 0.2) is 41.1 Å². The van der Waals surface area contributed by atoms with Crippen molar-refractivity contribution in [1.29, 1.82) is 0 Å². The molecule has 26 heavy (non-hydrogen) atoms. The van der Waals surface area contributed by atoms with Crippen molar-refractivity contribution in [2.24, 2.45) is 0 Å². The topological polar surface area (TPSA) is 66.7 Å². The molecule has 3 heterocycles. The van der Waals surface area contributed by atoms with Crippen LogP contribution in [0.4, 0.5) is 0 Å². The van der Waals surface area contributed by atoms with Gasteiger partial charge in [0, 0.05) is 32.5 Å². The van der Waals surface area contributed by atoms with Crippen LogP contribution in [-0.4, -0.2) is 52.4 Å². The van der Waals surface area contributed by atoms with Gasteiger partial charge in [0.1, 0.15) is 11.3 Å². The maximum absolute atomic E-state index is 12.7. The molecule has 4 rings (SSSR count). The predicted molar refractivity (Wildman–Crippen MR) is 95.7 cm³/mol. The van der Waals surface area contributed by atoms with Crippen LogP contribution in [0.3, 0.4) is 0 Å². The third-order valence-electron chi connectivity index (χ3n) is 6.17. The van der Waals surface area contributed by atoms with Crippen LogP contribution in [0.2, 0.25) is 0 Å². The summed E-state index contributed by atoms with van der Waals surface area (Å²) in [6, 6.07) is 10.3. The molecule has 6 nitrogen and oxygen atoms in total. The minimum absolute atomic E-state index is 0.0400. The van der Waals surface area contributed by atoms with Gasteiger partial charge in [-0.1, -0.05) is 35.5 Å². The number of likely N-dealkylation sites (tertiary alicyclic amines) is 2. The van der Waals surface area contributed by atoms with Crippen molar-refractivity contribution in [3.05, 3.63) is 53.4 Å². The molecule has 2 aromatic rings. The van der Waals surface area contributed by atoms with E-state index in [4.69, 9.17) is 4.52 Å². The fraction of sp³-hybridized carbons (Fsp3) is 0.450. The Kier molecular flexibility index (Phi) is 4.05. The number of carbonyl (C=O) groups is 2. The zero-order chi connectivity index (χ0) is 18.3. The van der Waals surface area contributed by atoms with Crippen molar-refractivity contribution in [3.63, 3.8) is 0 Å². The van der Waals surface area contributed by atoms with Gasteiger partial charge >= 0.3 is 0 Å². The zero-order valence-corrected chi connectivity index (χ0v) is 15.1. The Balaban J connectivity index is 1.57. The molecule has 6 heteroatoms. The van der Waals surface area contributed by atoms with Crippen LogP contribution in [0.5, 0.6) is 0 Å². The summed E-state index contributed by atoms with van der Waals surface area (Å²) in [5.41, 5.74) is 1.52. The predicted octanol–water partition coefficient (Wildman–Crippen LogP) is 2.60. The molecule has 0 aliphatic carbocycles. The van der Waals surface area contributed by atoms with E-state index in [-0.39, 0.29) is 23.3 Å². The summed E-state index contributed by atoms with van der Waals surface area (Å²) >= 11 is 0. The van der Waals surface area contributed by atoms with E-state index in [0.29, 0.717) is 30.8 Å². The third-order valence-corrected chi connectivity index (χ3v) is 6.17. The lowest BCUT2D eigenvalue weighted by molar-refractivity contribution is -0.130. The van der Waals surface area contributed by atoms with Crippen LogP contribution < -0.4 is 0 Å². The van der Waals surface area contributed by atoms with Crippen molar-refractivity contribution in [2.75, 3.05) is 20.1 Å². The van der Waals surface area contributed by atoms with Crippen LogP contribution in [0, 0.1) is 6.92 Å². The molecule has 0 bridgehead atoms. The molecule has 0 radical (unpaired) electrons. The normalized spacial score (nSPS) is 22.2. The Hall–Kier alpha value is -2.63. The second kappa shape index (κ2) is 6.27.